The number of amides is 3. The molecule has 0 radical (unpaired) electrons. The zero-order chi connectivity index (χ0) is 46.3. The predicted octanol–water partition coefficient (Wildman–Crippen LogP) is -0.512. The number of carbonyl (C=O) groups excluding carboxylic acids is 3. The molecule has 8 rings (SSSR count). The summed E-state index contributed by atoms with van der Waals surface area (Å²) in [6.45, 7) is 6.80. The molecule has 0 saturated carbocycles. The standard InChI is InChI=1S/C23H26FN7O5.C18H18FN7O3.ClH/c1-23(2,3)36-21(33)25-8-9-31-20(27-28-29-31)19-7-4-14(11-26-19)17-6-5-15(10-18(17)24)30-12-16(13-32)35-22(30)34;19-15-7-12(25-9-13(10-27)29-18(25)28)2-3-14(15)11-1-4-16(21-8-11)17-22-23-24-26(17)6-5-20;/h4-7,10-11,16,32H,8-9,12-13H2,1-3H3,(H,25,33);1-4,7-8,13,27H,5-6,9-10,20H2;1H/t16-;13-;/m11./s1. The van der Waals surface area contributed by atoms with Gasteiger partial charge in [0.2, 0.25) is 11.6 Å². The third-order valence-corrected chi connectivity index (χ3v) is 9.72. The molecule has 25 heteroatoms. The summed E-state index contributed by atoms with van der Waals surface area (Å²) in [4.78, 5) is 46.9. The number of ether oxygens (including phenoxy) is 3. The first-order valence-corrected chi connectivity index (χ1v) is 20.2. The number of aromatic nitrogens is 10. The number of benzene rings is 2. The lowest BCUT2D eigenvalue weighted by molar-refractivity contribution is -0.370. The van der Waals surface area contributed by atoms with Crippen LogP contribution in [0.15, 0.2) is 73.1 Å². The van der Waals surface area contributed by atoms with Crippen LogP contribution < -0.4 is 33.3 Å². The molecule has 6 aromatic rings. The van der Waals surface area contributed by atoms with Gasteiger partial charge in [-0.1, -0.05) is 12.1 Å². The number of anilines is 2. The van der Waals surface area contributed by atoms with E-state index in [9.17, 15) is 28.3 Å². The highest BCUT2D eigenvalue weighted by atomic mass is 35.5. The van der Waals surface area contributed by atoms with E-state index in [1.807, 2.05) is 0 Å². The van der Waals surface area contributed by atoms with Crippen LogP contribution in [0.4, 0.5) is 34.5 Å². The molecule has 66 heavy (non-hydrogen) atoms. The molecule has 22 nitrogen and oxygen atoms in total. The fraction of sp³-hybridized carbons (Fsp3) is 0.341. The maximum Gasteiger partial charge on any atom is 0.414 e. The lowest BCUT2D eigenvalue weighted by Crippen LogP contribution is -3.00. The summed E-state index contributed by atoms with van der Waals surface area (Å²) < 4.78 is 47.9. The Hall–Kier alpha value is -7.28. The van der Waals surface area contributed by atoms with Crippen LogP contribution in [0.25, 0.3) is 45.3 Å². The first-order valence-electron chi connectivity index (χ1n) is 20.2. The van der Waals surface area contributed by atoms with Gasteiger partial charge < -0.3 is 47.9 Å². The van der Waals surface area contributed by atoms with Gasteiger partial charge in [0, 0.05) is 41.2 Å². The van der Waals surface area contributed by atoms with Crippen molar-refractivity contribution < 1.29 is 65.7 Å². The van der Waals surface area contributed by atoms with Crippen LogP contribution in [-0.4, -0.2) is 136 Å². The van der Waals surface area contributed by atoms with Gasteiger partial charge in [0.15, 0.2) is 0 Å². The quantitative estimate of drug-likeness (QED) is 0.106. The number of quaternary nitrogens is 1. The topological polar surface area (TPSA) is 278 Å². The minimum absolute atomic E-state index is 0. The number of aliphatic hydroxyl groups is 2. The number of pyridine rings is 2. The second kappa shape index (κ2) is 21.1. The summed E-state index contributed by atoms with van der Waals surface area (Å²) in [7, 11) is 0. The van der Waals surface area contributed by atoms with Crippen LogP contribution in [0.3, 0.4) is 0 Å². The van der Waals surface area contributed by atoms with E-state index in [4.69, 9.17) is 19.3 Å². The molecule has 0 aliphatic carbocycles. The van der Waals surface area contributed by atoms with Gasteiger partial charge in [0.1, 0.15) is 40.8 Å². The Bertz CT molecular complexity index is 2630. The molecule has 6 heterocycles. The molecule has 2 aromatic carbocycles. The Morgan fingerprint density at radius 1 is 0.773 bits per heavy atom. The minimum atomic E-state index is -0.637. The molecule has 0 unspecified atom stereocenters. The molecule has 2 aliphatic heterocycles. The number of nitrogens with zero attached hydrogens (tertiary/aromatic N) is 12. The zero-order valence-corrected chi connectivity index (χ0v) is 36.5. The second-order valence-electron chi connectivity index (χ2n) is 15.5. The molecule has 4 aromatic heterocycles. The number of nitrogens with one attached hydrogen (secondary N) is 1. The van der Waals surface area contributed by atoms with Gasteiger partial charge in [-0.15, -0.1) is 10.2 Å². The summed E-state index contributed by atoms with van der Waals surface area (Å²) in [5.41, 5.74) is 6.65. The van der Waals surface area contributed by atoms with Crippen molar-refractivity contribution in [2.24, 2.45) is 0 Å². The van der Waals surface area contributed by atoms with E-state index in [1.54, 1.807) is 80.2 Å². The van der Waals surface area contributed by atoms with Crippen LogP contribution >= 0.6 is 0 Å². The van der Waals surface area contributed by atoms with Gasteiger partial charge in [-0.05, 0) is 90.2 Å². The number of hydrogen-bond acceptors (Lipinski definition) is 16. The molecule has 2 fully saturated rings. The maximum atomic E-state index is 14.9. The number of halogens is 3. The van der Waals surface area contributed by atoms with Crippen LogP contribution in [0, 0.1) is 11.6 Å². The molecule has 2 saturated heterocycles. The van der Waals surface area contributed by atoms with E-state index < -0.39 is 47.7 Å². The summed E-state index contributed by atoms with van der Waals surface area (Å²) in [6.07, 6.45) is 0.0133. The SMILES string of the molecule is CC(C)(C)OC(=O)NCCn1nnnc1-c1ccc(-c2ccc(N3C[C@H](CO)OC3=O)cc2F)cn1.[Cl-].[NH3+]CCn1nnnc1-c1ccc(-c2ccc(N3C[C@H](CO)OC3=O)cc2F)cn1. The Labute approximate surface area is 381 Å². The van der Waals surface area contributed by atoms with E-state index in [-0.39, 0.29) is 51.8 Å². The lowest BCUT2D eigenvalue weighted by Gasteiger charge is -2.19. The molecule has 6 N–H and O–H groups in total. The summed E-state index contributed by atoms with van der Waals surface area (Å²) in [5.74, 6) is -0.143. The molecule has 2 aliphatic rings. The van der Waals surface area contributed by atoms with Crippen molar-refractivity contribution >= 4 is 29.7 Å². The fourth-order valence-corrected chi connectivity index (χ4v) is 6.64. The summed E-state index contributed by atoms with van der Waals surface area (Å²) in [5, 5.41) is 44.1. The van der Waals surface area contributed by atoms with Crippen LogP contribution in [0.1, 0.15) is 20.8 Å². The normalized spacial score (nSPS) is 15.7. The number of cyclic esters (lactones) is 2. The highest BCUT2D eigenvalue weighted by Crippen LogP contribution is 2.31. The predicted molar refractivity (Wildman–Crippen MR) is 224 cm³/mol. The van der Waals surface area contributed by atoms with E-state index in [0.29, 0.717) is 69.8 Å². The molecule has 0 spiro atoms. The fourth-order valence-electron chi connectivity index (χ4n) is 6.64. The number of tetrazole rings is 2. The Balaban J connectivity index is 0.000000220. The summed E-state index contributed by atoms with van der Waals surface area (Å²) in [6, 6.07) is 15.7. The van der Waals surface area contributed by atoms with E-state index >= 15 is 0 Å². The third kappa shape index (κ3) is 11.3. The highest BCUT2D eigenvalue weighted by molar-refractivity contribution is 5.91. The Kier molecular flexibility index (Phi) is 15.4. The molecular weight excluding hydrogens is 890 g/mol. The molecule has 348 valence electrons. The van der Waals surface area contributed by atoms with Gasteiger partial charge >= 0.3 is 18.3 Å². The van der Waals surface area contributed by atoms with E-state index in [1.165, 1.54) is 32.8 Å². The smallest absolute Gasteiger partial charge is 0.414 e. The number of aliphatic hydroxyl groups excluding tert-OH is 2. The van der Waals surface area contributed by atoms with E-state index in [2.05, 4.69) is 52.1 Å². The van der Waals surface area contributed by atoms with Crippen molar-refractivity contribution in [2.45, 2.75) is 51.7 Å². The van der Waals surface area contributed by atoms with Crippen molar-refractivity contribution in [1.82, 2.24) is 55.7 Å². The van der Waals surface area contributed by atoms with Crippen molar-refractivity contribution in [1.29, 1.82) is 0 Å². The van der Waals surface area contributed by atoms with Gasteiger partial charge in [-0.3, -0.25) is 19.8 Å². The maximum absolute atomic E-state index is 14.9. The third-order valence-electron chi connectivity index (χ3n) is 9.72. The second-order valence-corrected chi connectivity index (χ2v) is 15.5. The van der Waals surface area contributed by atoms with Crippen LogP contribution in [-0.2, 0) is 27.3 Å². The molecule has 0 bridgehead atoms. The van der Waals surface area contributed by atoms with Crippen LogP contribution in [0.2, 0.25) is 0 Å². The average molecular weight is 935 g/mol. The number of rotatable bonds is 13. The molecular formula is C41H45ClF2N14O8. The monoisotopic (exact) mass is 934 g/mol. The molecule has 2 atom stereocenters. The van der Waals surface area contributed by atoms with Crippen molar-refractivity contribution in [3.05, 3.63) is 84.7 Å². The largest absolute Gasteiger partial charge is 1.00 e. The number of carbonyl (C=O) groups is 3. The summed E-state index contributed by atoms with van der Waals surface area (Å²) >= 11 is 0. The zero-order valence-electron chi connectivity index (χ0n) is 35.8. The van der Waals surface area contributed by atoms with Gasteiger partial charge in [-0.2, -0.15) is 0 Å². The van der Waals surface area contributed by atoms with Gasteiger partial charge in [-0.25, -0.2) is 32.5 Å². The van der Waals surface area contributed by atoms with Gasteiger partial charge in [0.25, 0.3) is 0 Å². The first kappa shape index (κ1) is 48.2. The molecule has 3 amide bonds. The minimum Gasteiger partial charge on any atom is -1.00 e. The number of hydrogen-bond donors (Lipinski definition) is 4. The van der Waals surface area contributed by atoms with Crippen molar-refractivity contribution in [2.75, 3.05) is 49.2 Å². The number of alkyl carbamates (subject to hydrolysis) is 1. The lowest BCUT2D eigenvalue weighted by atomic mass is 10.1. The van der Waals surface area contributed by atoms with Gasteiger partial charge in [0.05, 0.1) is 57.3 Å². The van der Waals surface area contributed by atoms with E-state index in [0.717, 1.165) is 0 Å². The van der Waals surface area contributed by atoms with Crippen molar-refractivity contribution in [3.8, 4) is 45.3 Å². The Morgan fingerprint density at radius 2 is 1.24 bits per heavy atom. The highest BCUT2D eigenvalue weighted by Gasteiger charge is 2.33. The first-order chi connectivity index (χ1) is 31.2. The Morgan fingerprint density at radius 3 is 1.62 bits per heavy atom. The average Bonchev–Trinajstić information content (AvgIpc) is 4.11. The van der Waals surface area contributed by atoms with Crippen molar-refractivity contribution in [3.63, 3.8) is 0 Å². The van der Waals surface area contributed by atoms with Crippen LogP contribution in [0.5, 0.6) is 0 Å².